The lowest BCUT2D eigenvalue weighted by Gasteiger charge is -2.32. The van der Waals surface area contributed by atoms with Crippen molar-refractivity contribution in [3.05, 3.63) is 29.8 Å². The summed E-state index contributed by atoms with van der Waals surface area (Å²) in [6.45, 7) is 4.03. The van der Waals surface area contributed by atoms with E-state index in [0.29, 0.717) is 0 Å². The molecule has 3 nitrogen and oxygen atoms in total. The van der Waals surface area contributed by atoms with Crippen LogP contribution in [0, 0.1) is 5.41 Å². The molecule has 1 aromatic carbocycles. The predicted octanol–water partition coefficient (Wildman–Crippen LogP) is 3.62. The fourth-order valence-corrected chi connectivity index (χ4v) is 2.74. The van der Waals surface area contributed by atoms with Crippen molar-refractivity contribution >= 4 is 11.6 Å². The number of carbonyl (C=O) groups is 1. The van der Waals surface area contributed by atoms with Crippen LogP contribution in [0.4, 0.5) is 5.69 Å². The van der Waals surface area contributed by atoms with Crippen molar-refractivity contribution in [2.75, 3.05) is 5.32 Å². The highest BCUT2D eigenvalue weighted by Gasteiger charge is 2.34. The molecule has 0 radical (unpaired) electrons. The maximum atomic E-state index is 12.4. The first-order valence-corrected chi connectivity index (χ1v) is 7.18. The van der Waals surface area contributed by atoms with E-state index in [1.54, 1.807) is 0 Å². The zero-order valence-electron chi connectivity index (χ0n) is 11.9. The molecule has 3 N–H and O–H groups in total. The Kier molecular flexibility index (Phi) is 4.25. The number of carbonyl (C=O) groups excluding carboxylic acids is 1. The van der Waals surface area contributed by atoms with Crippen molar-refractivity contribution in [3.8, 4) is 0 Å². The van der Waals surface area contributed by atoms with Gasteiger partial charge in [0.15, 0.2) is 0 Å². The third kappa shape index (κ3) is 3.35. The average molecular weight is 260 g/mol. The number of nitrogens with two attached hydrogens (primary N) is 1. The van der Waals surface area contributed by atoms with Crippen LogP contribution < -0.4 is 11.1 Å². The average Bonchev–Trinajstić information content (AvgIpc) is 2.40. The molecule has 1 aliphatic carbocycles. The van der Waals surface area contributed by atoms with Gasteiger partial charge in [-0.05, 0) is 37.5 Å². The Hall–Kier alpha value is -1.35. The van der Waals surface area contributed by atoms with Gasteiger partial charge in [-0.15, -0.1) is 0 Å². The van der Waals surface area contributed by atoms with Gasteiger partial charge in [-0.25, -0.2) is 0 Å². The quantitative estimate of drug-likeness (QED) is 0.872. The Morgan fingerprint density at radius 2 is 2.00 bits per heavy atom. The van der Waals surface area contributed by atoms with Crippen LogP contribution in [0.3, 0.4) is 0 Å². The van der Waals surface area contributed by atoms with E-state index < -0.39 is 0 Å². The van der Waals surface area contributed by atoms with Gasteiger partial charge in [0.25, 0.3) is 0 Å². The molecule has 1 unspecified atom stereocenters. The van der Waals surface area contributed by atoms with E-state index in [0.717, 1.165) is 36.9 Å². The molecule has 0 saturated heterocycles. The van der Waals surface area contributed by atoms with Gasteiger partial charge < -0.3 is 11.1 Å². The smallest absolute Gasteiger partial charge is 0.230 e. The summed E-state index contributed by atoms with van der Waals surface area (Å²) in [5.74, 6) is 0.147. The molecule has 1 atom stereocenters. The monoisotopic (exact) mass is 260 g/mol. The molecule has 19 heavy (non-hydrogen) atoms. The van der Waals surface area contributed by atoms with E-state index >= 15 is 0 Å². The summed E-state index contributed by atoms with van der Waals surface area (Å²) in [7, 11) is 0. The summed E-state index contributed by atoms with van der Waals surface area (Å²) < 4.78 is 0. The van der Waals surface area contributed by atoms with Gasteiger partial charge in [-0.1, -0.05) is 38.3 Å². The van der Waals surface area contributed by atoms with Gasteiger partial charge in [0.1, 0.15) is 0 Å². The van der Waals surface area contributed by atoms with Crippen LogP contribution >= 0.6 is 0 Å². The molecule has 0 bridgehead atoms. The van der Waals surface area contributed by atoms with Crippen LogP contribution in [0.1, 0.15) is 57.6 Å². The van der Waals surface area contributed by atoms with Crippen LogP contribution in [0.15, 0.2) is 24.3 Å². The van der Waals surface area contributed by atoms with Gasteiger partial charge in [0.2, 0.25) is 5.91 Å². The van der Waals surface area contributed by atoms with Crippen LogP contribution in [-0.2, 0) is 4.79 Å². The van der Waals surface area contributed by atoms with Crippen molar-refractivity contribution in [3.63, 3.8) is 0 Å². The van der Waals surface area contributed by atoms with Crippen LogP contribution in [0.5, 0.6) is 0 Å². The van der Waals surface area contributed by atoms with Gasteiger partial charge in [0, 0.05) is 17.1 Å². The Morgan fingerprint density at radius 1 is 1.32 bits per heavy atom. The summed E-state index contributed by atoms with van der Waals surface area (Å²) in [6.07, 6.45) is 5.55. The number of anilines is 1. The Balaban J connectivity index is 2.08. The van der Waals surface area contributed by atoms with Gasteiger partial charge in [0.05, 0.1) is 0 Å². The zero-order valence-corrected chi connectivity index (χ0v) is 11.9. The third-order valence-electron chi connectivity index (χ3n) is 4.18. The van der Waals surface area contributed by atoms with E-state index in [1.807, 2.05) is 31.2 Å². The third-order valence-corrected chi connectivity index (χ3v) is 4.18. The lowest BCUT2D eigenvalue weighted by atomic mass is 9.75. The number of benzene rings is 1. The number of rotatable bonds is 3. The van der Waals surface area contributed by atoms with Crippen molar-refractivity contribution in [2.45, 2.75) is 52.0 Å². The van der Waals surface area contributed by atoms with Crippen molar-refractivity contribution in [1.29, 1.82) is 0 Å². The molecular weight excluding hydrogens is 236 g/mol. The number of hydrogen-bond donors (Lipinski definition) is 2. The molecule has 1 fully saturated rings. The summed E-state index contributed by atoms with van der Waals surface area (Å²) in [5.41, 5.74) is 7.56. The van der Waals surface area contributed by atoms with E-state index in [9.17, 15) is 4.79 Å². The van der Waals surface area contributed by atoms with Crippen molar-refractivity contribution in [1.82, 2.24) is 0 Å². The van der Waals surface area contributed by atoms with Gasteiger partial charge >= 0.3 is 0 Å². The van der Waals surface area contributed by atoms with E-state index in [2.05, 4.69) is 12.2 Å². The molecule has 1 aromatic rings. The number of hydrogen-bond acceptors (Lipinski definition) is 2. The molecule has 1 aliphatic rings. The molecule has 3 heteroatoms. The molecule has 104 valence electrons. The highest BCUT2D eigenvalue weighted by atomic mass is 16.2. The molecule has 2 rings (SSSR count). The predicted molar refractivity (Wildman–Crippen MR) is 78.9 cm³/mol. The number of nitrogens with one attached hydrogen (secondary N) is 1. The minimum absolute atomic E-state index is 0.0119. The maximum Gasteiger partial charge on any atom is 0.230 e. The van der Waals surface area contributed by atoms with Crippen molar-refractivity contribution in [2.24, 2.45) is 11.1 Å². The molecular formula is C16H24N2O. The van der Waals surface area contributed by atoms with E-state index in [-0.39, 0.29) is 17.4 Å². The fraction of sp³-hybridized carbons (Fsp3) is 0.562. The largest absolute Gasteiger partial charge is 0.326 e. The Labute approximate surface area is 115 Å². The van der Waals surface area contributed by atoms with Crippen LogP contribution in [-0.4, -0.2) is 5.91 Å². The highest BCUT2D eigenvalue weighted by Crippen LogP contribution is 2.36. The van der Waals surface area contributed by atoms with Crippen LogP contribution in [0.25, 0.3) is 0 Å². The number of amides is 1. The molecule has 0 heterocycles. The molecule has 0 aliphatic heterocycles. The Bertz CT molecular complexity index is 448. The fourth-order valence-electron chi connectivity index (χ4n) is 2.74. The SMILES string of the molecule is CC(N)c1cccc(NC(=O)C2(C)CCCCC2)c1. The standard InChI is InChI=1S/C16H24N2O/c1-12(17)13-7-6-8-14(11-13)18-15(19)16(2)9-4-3-5-10-16/h6-8,11-12H,3-5,9-10,17H2,1-2H3,(H,18,19). The summed E-state index contributed by atoms with van der Waals surface area (Å²) in [4.78, 5) is 12.4. The lowest BCUT2D eigenvalue weighted by molar-refractivity contribution is -0.126. The molecule has 1 saturated carbocycles. The van der Waals surface area contributed by atoms with Gasteiger partial charge in [-0.3, -0.25) is 4.79 Å². The van der Waals surface area contributed by atoms with Gasteiger partial charge in [-0.2, -0.15) is 0 Å². The zero-order chi connectivity index (χ0) is 13.9. The molecule has 0 aromatic heterocycles. The second-order valence-electron chi connectivity index (χ2n) is 5.99. The summed E-state index contributed by atoms with van der Waals surface area (Å²) >= 11 is 0. The summed E-state index contributed by atoms with van der Waals surface area (Å²) in [5, 5.41) is 3.05. The topological polar surface area (TPSA) is 55.1 Å². The Morgan fingerprint density at radius 3 is 2.63 bits per heavy atom. The van der Waals surface area contributed by atoms with E-state index in [1.165, 1.54) is 6.42 Å². The van der Waals surface area contributed by atoms with E-state index in [4.69, 9.17) is 5.73 Å². The first-order valence-electron chi connectivity index (χ1n) is 7.18. The first kappa shape index (κ1) is 14.1. The van der Waals surface area contributed by atoms with Crippen LogP contribution in [0.2, 0.25) is 0 Å². The first-order chi connectivity index (χ1) is 9.01. The summed E-state index contributed by atoms with van der Waals surface area (Å²) in [6, 6.07) is 7.81. The van der Waals surface area contributed by atoms with Crippen molar-refractivity contribution < 1.29 is 4.79 Å². The lowest BCUT2D eigenvalue weighted by Crippen LogP contribution is -2.35. The maximum absolute atomic E-state index is 12.4. The molecule has 1 amide bonds. The minimum Gasteiger partial charge on any atom is -0.326 e. The second-order valence-corrected chi connectivity index (χ2v) is 5.99. The second kappa shape index (κ2) is 5.74. The normalized spacial score (nSPS) is 19.7. The molecule has 0 spiro atoms. The highest BCUT2D eigenvalue weighted by molar-refractivity contribution is 5.95. The minimum atomic E-state index is -0.206.